The minimum absolute atomic E-state index is 0.117. The Kier molecular flexibility index (Phi) is 6.12. The van der Waals surface area contributed by atoms with Crippen LogP contribution in [0.4, 0.5) is 0 Å². The van der Waals surface area contributed by atoms with Gasteiger partial charge in [0.1, 0.15) is 0 Å². The molecule has 1 unspecified atom stereocenters. The molecule has 0 aliphatic carbocycles. The number of hydrogen-bond acceptors (Lipinski definition) is 2. The smallest absolute Gasteiger partial charge is 0.211 e. The molecule has 1 rings (SSSR count). The molecule has 3 nitrogen and oxygen atoms in total. The maximum absolute atomic E-state index is 11.7. The van der Waals surface area contributed by atoms with Gasteiger partial charge in [0.2, 0.25) is 10.0 Å². The fourth-order valence-corrected chi connectivity index (χ4v) is 3.19. The highest BCUT2D eigenvalue weighted by molar-refractivity contribution is 7.89. The highest BCUT2D eigenvalue weighted by atomic mass is 35.5. The maximum atomic E-state index is 11.7. The van der Waals surface area contributed by atoms with Crippen LogP contribution in [-0.4, -0.2) is 20.3 Å². The molecule has 102 valence electrons. The Balaban J connectivity index is 2.74. The second kappa shape index (κ2) is 7.12. The lowest BCUT2D eigenvalue weighted by Crippen LogP contribution is -2.23. The van der Waals surface area contributed by atoms with Crippen LogP contribution >= 0.6 is 11.6 Å². The quantitative estimate of drug-likeness (QED) is 0.785. The SMILES string of the molecule is CCCC(Cl)Cc1ccc(S(=O)(=O)NCC)cc1. The Hall–Kier alpha value is -0.580. The predicted molar refractivity (Wildman–Crippen MR) is 75.6 cm³/mol. The highest BCUT2D eigenvalue weighted by Crippen LogP contribution is 2.15. The number of rotatable bonds is 7. The Morgan fingerprint density at radius 2 is 1.83 bits per heavy atom. The summed E-state index contributed by atoms with van der Waals surface area (Å²) in [5, 5.41) is 0.117. The van der Waals surface area contributed by atoms with E-state index in [4.69, 9.17) is 11.6 Å². The maximum Gasteiger partial charge on any atom is 0.240 e. The number of halogens is 1. The van der Waals surface area contributed by atoms with Crippen LogP contribution in [0.1, 0.15) is 32.3 Å². The van der Waals surface area contributed by atoms with E-state index in [-0.39, 0.29) is 5.38 Å². The van der Waals surface area contributed by atoms with E-state index in [0.29, 0.717) is 11.4 Å². The topological polar surface area (TPSA) is 46.2 Å². The van der Waals surface area contributed by atoms with E-state index in [1.165, 1.54) is 0 Å². The highest BCUT2D eigenvalue weighted by Gasteiger charge is 2.12. The van der Waals surface area contributed by atoms with Gasteiger partial charge in [-0.15, -0.1) is 11.6 Å². The summed E-state index contributed by atoms with van der Waals surface area (Å²) in [4.78, 5) is 0.301. The molecule has 0 radical (unpaired) electrons. The van der Waals surface area contributed by atoms with Gasteiger partial charge in [0.25, 0.3) is 0 Å². The molecule has 1 N–H and O–H groups in total. The van der Waals surface area contributed by atoms with Gasteiger partial charge in [-0.2, -0.15) is 0 Å². The second-order valence-electron chi connectivity index (χ2n) is 4.24. The third kappa shape index (κ3) is 4.59. The first-order chi connectivity index (χ1) is 8.49. The Morgan fingerprint density at radius 3 is 2.33 bits per heavy atom. The lowest BCUT2D eigenvalue weighted by Gasteiger charge is -2.09. The minimum atomic E-state index is -3.35. The zero-order chi connectivity index (χ0) is 13.6. The zero-order valence-corrected chi connectivity index (χ0v) is 12.4. The zero-order valence-electron chi connectivity index (χ0n) is 10.8. The van der Waals surface area contributed by atoms with Crippen molar-refractivity contribution in [2.45, 2.75) is 43.4 Å². The van der Waals surface area contributed by atoms with Crippen LogP contribution in [0.15, 0.2) is 29.2 Å². The average molecular weight is 290 g/mol. The third-order valence-electron chi connectivity index (χ3n) is 2.63. The van der Waals surface area contributed by atoms with E-state index >= 15 is 0 Å². The van der Waals surface area contributed by atoms with Crippen molar-refractivity contribution >= 4 is 21.6 Å². The number of sulfonamides is 1. The van der Waals surface area contributed by atoms with Crippen molar-refractivity contribution in [3.8, 4) is 0 Å². The van der Waals surface area contributed by atoms with Gasteiger partial charge in [0.15, 0.2) is 0 Å². The summed E-state index contributed by atoms with van der Waals surface area (Å²) in [6.45, 7) is 4.25. The van der Waals surface area contributed by atoms with Crippen LogP contribution in [0.2, 0.25) is 0 Å². The Labute approximate surface area is 115 Å². The minimum Gasteiger partial charge on any atom is -0.211 e. The molecular weight excluding hydrogens is 270 g/mol. The fourth-order valence-electron chi connectivity index (χ4n) is 1.75. The molecule has 0 saturated heterocycles. The first-order valence-electron chi connectivity index (χ1n) is 6.22. The van der Waals surface area contributed by atoms with E-state index in [0.717, 1.165) is 24.8 Å². The molecular formula is C13H20ClNO2S. The summed E-state index contributed by atoms with van der Waals surface area (Å²) in [5.41, 5.74) is 1.07. The molecule has 0 aliphatic rings. The number of hydrogen-bond donors (Lipinski definition) is 1. The normalized spacial score (nSPS) is 13.5. The molecule has 1 aromatic carbocycles. The van der Waals surface area contributed by atoms with Crippen molar-refractivity contribution in [1.29, 1.82) is 0 Å². The molecule has 0 aliphatic heterocycles. The molecule has 18 heavy (non-hydrogen) atoms. The monoisotopic (exact) mass is 289 g/mol. The summed E-state index contributed by atoms with van der Waals surface area (Å²) in [5.74, 6) is 0. The first kappa shape index (κ1) is 15.5. The molecule has 0 fully saturated rings. The lowest BCUT2D eigenvalue weighted by atomic mass is 10.1. The van der Waals surface area contributed by atoms with Crippen LogP contribution in [0.5, 0.6) is 0 Å². The van der Waals surface area contributed by atoms with Gasteiger partial charge in [-0.25, -0.2) is 13.1 Å². The van der Waals surface area contributed by atoms with Crippen LogP contribution in [0, 0.1) is 0 Å². The van der Waals surface area contributed by atoms with Gasteiger partial charge >= 0.3 is 0 Å². The van der Waals surface area contributed by atoms with Crippen molar-refractivity contribution in [2.24, 2.45) is 0 Å². The number of benzene rings is 1. The third-order valence-corrected chi connectivity index (χ3v) is 4.56. The van der Waals surface area contributed by atoms with E-state index in [2.05, 4.69) is 11.6 Å². The first-order valence-corrected chi connectivity index (χ1v) is 8.14. The summed E-state index contributed by atoms with van der Waals surface area (Å²) >= 11 is 6.16. The number of alkyl halides is 1. The summed E-state index contributed by atoms with van der Waals surface area (Å²) < 4.78 is 25.9. The van der Waals surface area contributed by atoms with Crippen molar-refractivity contribution in [3.63, 3.8) is 0 Å². The molecule has 0 heterocycles. The lowest BCUT2D eigenvalue weighted by molar-refractivity contribution is 0.584. The summed E-state index contributed by atoms with van der Waals surface area (Å²) in [6.07, 6.45) is 2.80. The summed E-state index contributed by atoms with van der Waals surface area (Å²) in [7, 11) is -3.35. The Morgan fingerprint density at radius 1 is 1.22 bits per heavy atom. The molecule has 0 amide bonds. The molecule has 0 spiro atoms. The van der Waals surface area contributed by atoms with Crippen LogP contribution < -0.4 is 4.72 Å². The molecule has 1 atom stereocenters. The van der Waals surface area contributed by atoms with E-state index < -0.39 is 10.0 Å². The molecule has 0 saturated carbocycles. The molecule has 1 aromatic rings. The second-order valence-corrected chi connectivity index (χ2v) is 6.62. The predicted octanol–water partition coefficient (Wildman–Crippen LogP) is 2.93. The largest absolute Gasteiger partial charge is 0.240 e. The summed E-state index contributed by atoms with van der Waals surface area (Å²) in [6, 6.07) is 6.91. The molecule has 0 bridgehead atoms. The van der Waals surface area contributed by atoms with Crippen molar-refractivity contribution in [2.75, 3.05) is 6.54 Å². The van der Waals surface area contributed by atoms with Gasteiger partial charge in [-0.3, -0.25) is 0 Å². The van der Waals surface area contributed by atoms with Gasteiger partial charge in [0, 0.05) is 11.9 Å². The van der Waals surface area contributed by atoms with Crippen molar-refractivity contribution in [1.82, 2.24) is 4.72 Å². The van der Waals surface area contributed by atoms with Gasteiger partial charge in [-0.1, -0.05) is 32.4 Å². The standard InChI is InChI=1S/C13H20ClNO2S/c1-3-5-12(14)10-11-6-8-13(9-7-11)18(16,17)15-4-2/h6-9,12,15H,3-5,10H2,1-2H3. The van der Waals surface area contributed by atoms with Crippen molar-refractivity contribution in [3.05, 3.63) is 29.8 Å². The fraction of sp³-hybridized carbons (Fsp3) is 0.538. The molecule has 5 heteroatoms. The van der Waals surface area contributed by atoms with Gasteiger partial charge < -0.3 is 0 Å². The average Bonchev–Trinajstić information content (AvgIpc) is 2.30. The van der Waals surface area contributed by atoms with E-state index in [1.54, 1.807) is 19.1 Å². The van der Waals surface area contributed by atoms with Crippen LogP contribution in [-0.2, 0) is 16.4 Å². The van der Waals surface area contributed by atoms with Gasteiger partial charge in [-0.05, 0) is 30.5 Å². The van der Waals surface area contributed by atoms with E-state index in [1.807, 2.05) is 12.1 Å². The van der Waals surface area contributed by atoms with E-state index in [9.17, 15) is 8.42 Å². The number of nitrogens with one attached hydrogen (secondary N) is 1. The molecule has 0 aromatic heterocycles. The van der Waals surface area contributed by atoms with Gasteiger partial charge in [0.05, 0.1) is 4.90 Å². The van der Waals surface area contributed by atoms with Crippen LogP contribution in [0.25, 0.3) is 0 Å². The van der Waals surface area contributed by atoms with Crippen molar-refractivity contribution < 1.29 is 8.42 Å². The Bertz CT molecular complexity index is 456. The van der Waals surface area contributed by atoms with Crippen LogP contribution in [0.3, 0.4) is 0 Å².